The van der Waals surface area contributed by atoms with Crippen LogP contribution in [0, 0.1) is 0 Å². The lowest BCUT2D eigenvalue weighted by Crippen LogP contribution is -2.23. The van der Waals surface area contributed by atoms with Gasteiger partial charge in [0, 0.05) is 48.2 Å². The van der Waals surface area contributed by atoms with E-state index in [9.17, 15) is 4.79 Å². The minimum atomic E-state index is -0.0913. The third-order valence-corrected chi connectivity index (χ3v) is 4.82. The largest absolute Gasteiger partial charge is 0.375 e. The van der Waals surface area contributed by atoms with Gasteiger partial charge in [0.05, 0.1) is 12.2 Å². The number of carbonyl (C=O) groups excluding carboxylic acids is 1. The van der Waals surface area contributed by atoms with Crippen molar-refractivity contribution in [3.63, 3.8) is 0 Å². The van der Waals surface area contributed by atoms with E-state index in [2.05, 4.69) is 27.1 Å². The Labute approximate surface area is 151 Å². The molecule has 2 aromatic heterocycles. The SMILES string of the molecule is CCN(C)c1ccc(C(=O)NCc2nc(-c3ccncc3)cs2)cc1. The fraction of sp³-hybridized carbons (Fsp3) is 0.211. The molecular weight excluding hydrogens is 332 g/mol. The van der Waals surface area contributed by atoms with Crippen LogP contribution in [0.3, 0.4) is 0 Å². The first-order valence-electron chi connectivity index (χ1n) is 8.11. The number of amides is 1. The molecule has 1 amide bonds. The maximum absolute atomic E-state index is 12.3. The van der Waals surface area contributed by atoms with Gasteiger partial charge < -0.3 is 10.2 Å². The van der Waals surface area contributed by atoms with Crippen molar-refractivity contribution in [1.82, 2.24) is 15.3 Å². The topological polar surface area (TPSA) is 58.1 Å². The van der Waals surface area contributed by atoms with Gasteiger partial charge in [-0.3, -0.25) is 9.78 Å². The van der Waals surface area contributed by atoms with Gasteiger partial charge in [-0.25, -0.2) is 4.98 Å². The van der Waals surface area contributed by atoms with E-state index in [1.165, 1.54) is 11.3 Å². The highest BCUT2D eigenvalue weighted by Crippen LogP contribution is 2.21. The molecule has 0 radical (unpaired) electrons. The minimum Gasteiger partial charge on any atom is -0.375 e. The van der Waals surface area contributed by atoms with Crippen LogP contribution in [0.2, 0.25) is 0 Å². The summed E-state index contributed by atoms with van der Waals surface area (Å²) >= 11 is 1.54. The lowest BCUT2D eigenvalue weighted by molar-refractivity contribution is 0.0951. The van der Waals surface area contributed by atoms with Crippen LogP contribution in [-0.4, -0.2) is 29.5 Å². The van der Waals surface area contributed by atoms with Crippen LogP contribution in [0.1, 0.15) is 22.3 Å². The molecule has 5 nitrogen and oxygen atoms in total. The molecule has 0 spiro atoms. The van der Waals surface area contributed by atoms with Crippen LogP contribution in [0.5, 0.6) is 0 Å². The first-order valence-corrected chi connectivity index (χ1v) is 8.99. The van der Waals surface area contributed by atoms with E-state index in [1.807, 2.05) is 48.8 Å². The summed E-state index contributed by atoms with van der Waals surface area (Å²) < 4.78 is 0. The second-order valence-electron chi connectivity index (χ2n) is 5.61. The van der Waals surface area contributed by atoms with E-state index in [4.69, 9.17) is 0 Å². The number of benzene rings is 1. The Morgan fingerprint density at radius 1 is 1.16 bits per heavy atom. The Balaban J connectivity index is 1.60. The molecule has 1 aromatic carbocycles. The Morgan fingerprint density at radius 3 is 2.56 bits per heavy atom. The molecule has 0 aliphatic carbocycles. The maximum atomic E-state index is 12.3. The number of thiazole rings is 1. The summed E-state index contributed by atoms with van der Waals surface area (Å²) in [5, 5.41) is 5.80. The molecule has 0 aliphatic rings. The third-order valence-electron chi connectivity index (χ3n) is 3.97. The molecule has 25 heavy (non-hydrogen) atoms. The van der Waals surface area contributed by atoms with Gasteiger partial charge in [0.25, 0.3) is 5.91 Å². The number of nitrogens with one attached hydrogen (secondary N) is 1. The van der Waals surface area contributed by atoms with Crippen LogP contribution in [0.25, 0.3) is 11.3 Å². The zero-order valence-electron chi connectivity index (χ0n) is 14.3. The number of pyridine rings is 1. The van der Waals surface area contributed by atoms with Gasteiger partial charge in [0.15, 0.2) is 0 Å². The van der Waals surface area contributed by atoms with Gasteiger partial charge in [-0.05, 0) is 43.3 Å². The molecule has 0 bridgehead atoms. The monoisotopic (exact) mass is 352 g/mol. The first kappa shape index (κ1) is 17.1. The van der Waals surface area contributed by atoms with Crippen molar-refractivity contribution >= 4 is 22.9 Å². The second-order valence-corrected chi connectivity index (χ2v) is 6.55. The van der Waals surface area contributed by atoms with Gasteiger partial charge in [-0.15, -0.1) is 11.3 Å². The van der Waals surface area contributed by atoms with Gasteiger partial charge in [-0.1, -0.05) is 0 Å². The number of anilines is 1. The molecule has 0 unspecified atom stereocenters. The number of aromatic nitrogens is 2. The van der Waals surface area contributed by atoms with Gasteiger partial charge in [0.1, 0.15) is 5.01 Å². The fourth-order valence-corrected chi connectivity index (χ4v) is 3.10. The molecular formula is C19H20N4OS. The molecule has 0 saturated heterocycles. The number of rotatable bonds is 6. The van der Waals surface area contributed by atoms with E-state index >= 15 is 0 Å². The lowest BCUT2D eigenvalue weighted by atomic mass is 10.2. The number of nitrogens with zero attached hydrogens (tertiary/aromatic N) is 3. The smallest absolute Gasteiger partial charge is 0.251 e. The summed E-state index contributed by atoms with van der Waals surface area (Å²) in [6.07, 6.45) is 3.49. The summed E-state index contributed by atoms with van der Waals surface area (Å²) in [7, 11) is 2.03. The zero-order valence-corrected chi connectivity index (χ0v) is 15.1. The van der Waals surface area contributed by atoms with Crippen LogP contribution < -0.4 is 10.2 Å². The second kappa shape index (κ2) is 7.90. The normalized spacial score (nSPS) is 10.5. The summed E-state index contributed by atoms with van der Waals surface area (Å²) in [6.45, 7) is 3.44. The molecule has 0 atom stereocenters. The Bertz CT molecular complexity index is 830. The van der Waals surface area contributed by atoms with Crippen LogP contribution in [0.4, 0.5) is 5.69 Å². The molecule has 128 valence electrons. The predicted octanol–water partition coefficient (Wildman–Crippen LogP) is 3.59. The average Bonchev–Trinajstić information content (AvgIpc) is 3.15. The molecule has 6 heteroatoms. The third kappa shape index (κ3) is 4.22. The minimum absolute atomic E-state index is 0.0913. The first-order chi connectivity index (χ1) is 12.2. The number of hydrogen-bond donors (Lipinski definition) is 1. The quantitative estimate of drug-likeness (QED) is 0.736. The highest BCUT2D eigenvalue weighted by atomic mass is 32.1. The summed E-state index contributed by atoms with van der Waals surface area (Å²) in [5.74, 6) is -0.0913. The molecule has 0 aliphatic heterocycles. The van der Waals surface area contributed by atoms with Gasteiger partial charge in [-0.2, -0.15) is 0 Å². The van der Waals surface area contributed by atoms with Crippen LogP contribution in [-0.2, 0) is 6.54 Å². The van der Waals surface area contributed by atoms with Crippen molar-refractivity contribution in [2.75, 3.05) is 18.5 Å². The van der Waals surface area contributed by atoms with Crippen molar-refractivity contribution in [2.45, 2.75) is 13.5 Å². The summed E-state index contributed by atoms with van der Waals surface area (Å²) in [6, 6.07) is 11.5. The van der Waals surface area contributed by atoms with E-state index in [-0.39, 0.29) is 5.91 Å². The highest BCUT2D eigenvalue weighted by Gasteiger charge is 2.09. The van der Waals surface area contributed by atoms with E-state index < -0.39 is 0 Å². The van der Waals surface area contributed by atoms with Crippen molar-refractivity contribution in [1.29, 1.82) is 0 Å². The average molecular weight is 352 g/mol. The summed E-state index contributed by atoms with van der Waals surface area (Å²) in [4.78, 5) is 23.0. The standard InChI is InChI=1S/C19H20N4OS/c1-3-23(2)16-6-4-15(5-7-16)19(24)21-12-18-22-17(13-25-18)14-8-10-20-11-9-14/h4-11,13H,3,12H2,1-2H3,(H,21,24). The Hall–Kier alpha value is -2.73. The van der Waals surface area contributed by atoms with Crippen molar-refractivity contribution < 1.29 is 4.79 Å². The van der Waals surface area contributed by atoms with E-state index in [0.29, 0.717) is 12.1 Å². The Kier molecular flexibility index (Phi) is 5.40. The highest BCUT2D eigenvalue weighted by molar-refractivity contribution is 7.09. The lowest BCUT2D eigenvalue weighted by Gasteiger charge is -2.16. The molecule has 3 aromatic rings. The number of hydrogen-bond acceptors (Lipinski definition) is 5. The van der Waals surface area contributed by atoms with Crippen molar-refractivity contribution in [2.24, 2.45) is 0 Å². The van der Waals surface area contributed by atoms with Crippen LogP contribution in [0.15, 0.2) is 54.2 Å². The van der Waals surface area contributed by atoms with Crippen LogP contribution >= 0.6 is 11.3 Å². The molecule has 1 N–H and O–H groups in total. The van der Waals surface area contributed by atoms with Crippen molar-refractivity contribution in [3.8, 4) is 11.3 Å². The van der Waals surface area contributed by atoms with Gasteiger partial charge >= 0.3 is 0 Å². The Morgan fingerprint density at radius 2 is 1.88 bits per heavy atom. The number of carbonyl (C=O) groups is 1. The van der Waals surface area contributed by atoms with Gasteiger partial charge in [0.2, 0.25) is 0 Å². The predicted molar refractivity (Wildman–Crippen MR) is 102 cm³/mol. The fourth-order valence-electron chi connectivity index (χ4n) is 2.36. The summed E-state index contributed by atoms with van der Waals surface area (Å²) in [5.41, 5.74) is 3.68. The molecule has 3 rings (SSSR count). The van der Waals surface area contributed by atoms with Crippen molar-refractivity contribution in [3.05, 3.63) is 64.7 Å². The zero-order chi connectivity index (χ0) is 17.6. The maximum Gasteiger partial charge on any atom is 0.251 e. The molecule has 0 fully saturated rings. The van der Waals surface area contributed by atoms with E-state index in [1.54, 1.807) is 12.4 Å². The van der Waals surface area contributed by atoms with E-state index in [0.717, 1.165) is 28.5 Å². The molecule has 2 heterocycles. The molecule has 0 saturated carbocycles.